The Balaban J connectivity index is 1.77. The second-order valence-corrected chi connectivity index (χ2v) is 5.49. The number of para-hydroxylation sites is 1. The Bertz CT molecular complexity index is 851. The molecule has 2 aromatic heterocycles. The first-order valence-electron chi connectivity index (χ1n) is 7.81. The van der Waals surface area contributed by atoms with Crippen LogP contribution >= 0.6 is 0 Å². The maximum Gasteiger partial charge on any atom is 0.328 e. The molecule has 1 aromatic carbocycles. The number of nitrogens with one attached hydrogen (secondary N) is 1. The van der Waals surface area contributed by atoms with Crippen molar-refractivity contribution in [1.29, 1.82) is 0 Å². The second kappa shape index (κ2) is 6.66. The van der Waals surface area contributed by atoms with Crippen LogP contribution in [0.25, 0.3) is 5.69 Å². The van der Waals surface area contributed by atoms with Crippen molar-refractivity contribution in [3.05, 3.63) is 53.1 Å². The van der Waals surface area contributed by atoms with Gasteiger partial charge in [-0.1, -0.05) is 30.3 Å². The summed E-state index contributed by atoms with van der Waals surface area (Å²) in [4.78, 5) is 16.3. The fourth-order valence-electron chi connectivity index (χ4n) is 2.52. The Morgan fingerprint density at radius 1 is 1.25 bits per heavy atom. The SMILES string of the molecule is CCc1noc(NC(=O)Cc2c(C)nn(-c3ccccc3)c2C)n1. The van der Waals surface area contributed by atoms with Crippen LogP contribution in [0.1, 0.15) is 29.7 Å². The second-order valence-electron chi connectivity index (χ2n) is 5.49. The van der Waals surface area contributed by atoms with Gasteiger partial charge in [-0.3, -0.25) is 10.1 Å². The molecular weight excluding hydrogens is 306 g/mol. The molecule has 0 fully saturated rings. The molecule has 0 atom stereocenters. The van der Waals surface area contributed by atoms with E-state index in [1.165, 1.54) is 0 Å². The highest BCUT2D eigenvalue weighted by molar-refractivity contribution is 5.90. The van der Waals surface area contributed by atoms with Crippen LogP contribution in [0.5, 0.6) is 0 Å². The Kier molecular flexibility index (Phi) is 4.41. The van der Waals surface area contributed by atoms with E-state index in [1.807, 2.05) is 55.8 Å². The molecule has 7 nitrogen and oxygen atoms in total. The monoisotopic (exact) mass is 325 g/mol. The predicted octanol–water partition coefficient (Wildman–Crippen LogP) is 2.62. The van der Waals surface area contributed by atoms with Crippen LogP contribution in [-0.4, -0.2) is 25.8 Å². The first-order valence-corrected chi connectivity index (χ1v) is 7.81. The van der Waals surface area contributed by atoms with Crippen LogP contribution in [0, 0.1) is 13.8 Å². The Morgan fingerprint density at radius 3 is 2.67 bits per heavy atom. The molecule has 24 heavy (non-hydrogen) atoms. The standard InChI is InChI=1S/C17H19N5O2/c1-4-15-18-17(24-21-15)19-16(23)10-14-11(2)20-22(12(14)3)13-8-6-5-7-9-13/h5-9H,4,10H2,1-3H3,(H,18,19,21,23). The van der Waals surface area contributed by atoms with E-state index in [4.69, 9.17) is 4.52 Å². The smallest absolute Gasteiger partial charge is 0.315 e. The van der Waals surface area contributed by atoms with Crippen molar-refractivity contribution in [2.24, 2.45) is 0 Å². The quantitative estimate of drug-likeness (QED) is 0.779. The van der Waals surface area contributed by atoms with E-state index in [1.54, 1.807) is 0 Å². The number of hydrogen-bond donors (Lipinski definition) is 1. The Labute approximate surface area is 139 Å². The van der Waals surface area contributed by atoms with Crippen molar-refractivity contribution in [3.8, 4) is 5.69 Å². The highest BCUT2D eigenvalue weighted by Crippen LogP contribution is 2.18. The molecule has 0 bridgehead atoms. The van der Waals surface area contributed by atoms with Gasteiger partial charge in [0.2, 0.25) is 5.91 Å². The molecule has 0 spiro atoms. The summed E-state index contributed by atoms with van der Waals surface area (Å²) in [6, 6.07) is 9.96. The molecule has 0 unspecified atom stereocenters. The summed E-state index contributed by atoms with van der Waals surface area (Å²) in [5.74, 6) is 0.356. The number of carbonyl (C=O) groups excluding carboxylic acids is 1. The van der Waals surface area contributed by atoms with Gasteiger partial charge in [0.25, 0.3) is 0 Å². The third-order valence-electron chi connectivity index (χ3n) is 3.81. The van der Waals surface area contributed by atoms with Crippen LogP contribution in [-0.2, 0) is 17.6 Å². The van der Waals surface area contributed by atoms with Crippen molar-refractivity contribution in [1.82, 2.24) is 19.9 Å². The minimum Gasteiger partial charge on any atom is -0.315 e. The number of nitrogens with zero attached hydrogens (tertiary/aromatic N) is 4. The number of amides is 1. The Morgan fingerprint density at radius 2 is 2.00 bits per heavy atom. The van der Waals surface area contributed by atoms with Crippen molar-refractivity contribution < 1.29 is 9.32 Å². The number of benzene rings is 1. The van der Waals surface area contributed by atoms with Crippen LogP contribution in [0.15, 0.2) is 34.9 Å². The van der Waals surface area contributed by atoms with Gasteiger partial charge >= 0.3 is 6.01 Å². The molecule has 3 rings (SSSR count). The molecule has 0 radical (unpaired) electrons. The lowest BCUT2D eigenvalue weighted by Crippen LogP contribution is -2.15. The third kappa shape index (κ3) is 3.19. The number of aryl methyl sites for hydroxylation is 2. The average Bonchev–Trinajstić information content (AvgIpc) is 3.15. The van der Waals surface area contributed by atoms with Gasteiger partial charge in [0.05, 0.1) is 17.8 Å². The van der Waals surface area contributed by atoms with Gasteiger partial charge in [0.1, 0.15) is 0 Å². The average molecular weight is 325 g/mol. The molecular formula is C17H19N5O2. The minimum absolute atomic E-state index is 0.127. The summed E-state index contributed by atoms with van der Waals surface area (Å²) in [5, 5.41) is 10.9. The van der Waals surface area contributed by atoms with Crippen molar-refractivity contribution in [3.63, 3.8) is 0 Å². The summed E-state index contributed by atoms with van der Waals surface area (Å²) < 4.78 is 6.83. The van der Waals surface area contributed by atoms with Crippen molar-refractivity contribution in [2.45, 2.75) is 33.6 Å². The molecule has 0 aliphatic carbocycles. The van der Waals surface area contributed by atoms with Crippen LogP contribution in [0.4, 0.5) is 6.01 Å². The van der Waals surface area contributed by atoms with E-state index >= 15 is 0 Å². The molecule has 0 saturated carbocycles. The van der Waals surface area contributed by atoms with Crippen LogP contribution < -0.4 is 5.32 Å². The zero-order chi connectivity index (χ0) is 17.1. The van der Waals surface area contributed by atoms with Gasteiger partial charge in [-0.15, -0.1) is 0 Å². The first-order chi connectivity index (χ1) is 11.6. The number of rotatable bonds is 5. The number of anilines is 1. The highest BCUT2D eigenvalue weighted by atomic mass is 16.5. The minimum atomic E-state index is -0.208. The fraction of sp³-hybridized carbons (Fsp3) is 0.294. The topological polar surface area (TPSA) is 85.8 Å². The van der Waals surface area contributed by atoms with Gasteiger partial charge < -0.3 is 4.52 Å². The predicted molar refractivity (Wildman–Crippen MR) is 89.0 cm³/mol. The van der Waals surface area contributed by atoms with E-state index in [0.717, 1.165) is 22.6 Å². The first kappa shape index (κ1) is 15.9. The van der Waals surface area contributed by atoms with E-state index in [2.05, 4.69) is 20.6 Å². The van der Waals surface area contributed by atoms with E-state index in [0.29, 0.717) is 12.2 Å². The zero-order valence-corrected chi connectivity index (χ0v) is 13.9. The third-order valence-corrected chi connectivity index (χ3v) is 3.81. The lowest BCUT2D eigenvalue weighted by atomic mass is 10.1. The number of aromatic nitrogens is 4. The summed E-state index contributed by atoms with van der Waals surface area (Å²) in [6.07, 6.45) is 0.857. The van der Waals surface area contributed by atoms with Crippen LogP contribution in [0.2, 0.25) is 0 Å². The van der Waals surface area contributed by atoms with E-state index in [-0.39, 0.29) is 18.3 Å². The summed E-state index contributed by atoms with van der Waals surface area (Å²) in [6.45, 7) is 5.77. The Hall–Kier alpha value is -2.96. The summed E-state index contributed by atoms with van der Waals surface area (Å²) >= 11 is 0. The molecule has 0 saturated heterocycles. The maximum atomic E-state index is 12.3. The molecule has 3 aromatic rings. The summed E-state index contributed by atoms with van der Waals surface area (Å²) in [7, 11) is 0. The van der Waals surface area contributed by atoms with Gasteiger partial charge in [0, 0.05) is 17.7 Å². The zero-order valence-electron chi connectivity index (χ0n) is 13.9. The maximum absolute atomic E-state index is 12.3. The van der Waals surface area contributed by atoms with Gasteiger partial charge in [0.15, 0.2) is 5.82 Å². The van der Waals surface area contributed by atoms with Gasteiger partial charge in [-0.05, 0) is 26.0 Å². The largest absolute Gasteiger partial charge is 0.328 e. The molecule has 1 N–H and O–H groups in total. The van der Waals surface area contributed by atoms with Gasteiger partial charge in [-0.25, -0.2) is 4.68 Å². The van der Waals surface area contributed by atoms with Crippen LogP contribution in [0.3, 0.4) is 0 Å². The highest BCUT2D eigenvalue weighted by Gasteiger charge is 2.17. The fourth-order valence-corrected chi connectivity index (χ4v) is 2.52. The normalized spacial score (nSPS) is 10.8. The lowest BCUT2D eigenvalue weighted by Gasteiger charge is -2.05. The molecule has 1 amide bonds. The van der Waals surface area contributed by atoms with Gasteiger partial charge in [-0.2, -0.15) is 10.1 Å². The molecule has 124 valence electrons. The van der Waals surface area contributed by atoms with Crippen molar-refractivity contribution in [2.75, 3.05) is 5.32 Å². The molecule has 0 aliphatic heterocycles. The number of carbonyl (C=O) groups is 1. The number of hydrogen-bond acceptors (Lipinski definition) is 5. The lowest BCUT2D eigenvalue weighted by molar-refractivity contribution is -0.115. The van der Waals surface area contributed by atoms with Crippen molar-refractivity contribution >= 4 is 11.9 Å². The molecule has 7 heteroatoms. The molecule has 2 heterocycles. The van der Waals surface area contributed by atoms with E-state index < -0.39 is 0 Å². The molecule has 0 aliphatic rings. The van der Waals surface area contributed by atoms with E-state index in [9.17, 15) is 4.79 Å². The summed E-state index contributed by atoms with van der Waals surface area (Å²) in [5.41, 5.74) is 3.63.